The van der Waals surface area contributed by atoms with Crippen LogP contribution in [0.2, 0.25) is 0 Å². The van der Waals surface area contributed by atoms with Crippen LogP contribution < -0.4 is 5.32 Å². The fourth-order valence-corrected chi connectivity index (χ4v) is 2.39. The summed E-state index contributed by atoms with van der Waals surface area (Å²) < 4.78 is 0. The zero-order valence-corrected chi connectivity index (χ0v) is 10.6. The van der Waals surface area contributed by atoms with Crippen LogP contribution in [-0.2, 0) is 0 Å². The Labute approximate surface area is 96.3 Å². The highest BCUT2D eigenvalue weighted by Gasteiger charge is 2.19. The molecule has 2 N–H and O–H groups in total. The second-order valence-corrected chi connectivity index (χ2v) is 5.19. The third-order valence-electron chi connectivity index (χ3n) is 2.62. The number of thiophene rings is 1. The van der Waals surface area contributed by atoms with Crippen molar-refractivity contribution >= 4 is 11.3 Å². The molecule has 2 atom stereocenters. The Morgan fingerprint density at radius 1 is 1.60 bits per heavy atom. The van der Waals surface area contributed by atoms with E-state index in [0.29, 0.717) is 12.6 Å². The van der Waals surface area contributed by atoms with E-state index in [1.165, 1.54) is 5.56 Å². The highest BCUT2D eigenvalue weighted by atomic mass is 32.1. The Hall–Kier alpha value is -0.380. The third kappa shape index (κ3) is 4.33. The van der Waals surface area contributed by atoms with Crippen LogP contribution >= 0.6 is 11.3 Å². The first-order valence-electron chi connectivity index (χ1n) is 5.53. The quantitative estimate of drug-likeness (QED) is 0.783. The van der Waals surface area contributed by atoms with Crippen molar-refractivity contribution in [1.82, 2.24) is 5.32 Å². The van der Waals surface area contributed by atoms with Crippen molar-refractivity contribution in [1.29, 1.82) is 0 Å². The summed E-state index contributed by atoms with van der Waals surface area (Å²) in [6.45, 7) is 6.77. The molecule has 1 aromatic rings. The molecule has 0 aliphatic heterocycles. The lowest BCUT2D eigenvalue weighted by atomic mass is 10.00. The standard InChI is InChI=1S/C12H21NOS/c1-4-6-12(3,14)9-13-10(2)11-5-7-15-8-11/h5,7-8,10,13-14H,4,6,9H2,1-3H3. The minimum Gasteiger partial charge on any atom is -0.389 e. The molecule has 2 nitrogen and oxygen atoms in total. The second kappa shape index (κ2) is 5.64. The molecule has 0 spiro atoms. The maximum absolute atomic E-state index is 10.0. The summed E-state index contributed by atoms with van der Waals surface area (Å²) in [4.78, 5) is 0. The molecule has 15 heavy (non-hydrogen) atoms. The van der Waals surface area contributed by atoms with Crippen molar-refractivity contribution in [3.05, 3.63) is 22.4 Å². The van der Waals surface area contributed by atoms with Crippen LogP contribution in [0, 0.1) is 0 Å². The van der Waals surface area contributed by atoms with Gasteiger partial charge in [0.2, 0.25) is 0 Å². The summed E-state index contributed by atoms with van der Waals surface area (Å²) in [6.07, 6.45) is 1.86. The Kier molecular flexibility index (Phi) is 4.77. The van der Waals surface area contributed by atoms with Gasteiger partial charge >= 0.3 is 0 Å². The minimum absolute atomic E-state index is 0.319. The molecule has 86 valence electrons. The van der Waals surface area contributed by atoms with E-state index >= 15 is 0 Å². The fourth-order valence-electron chi connectivity index (χ4n) is 1.64. The highest BCUT2D eigenvalue weighted by molar-refractivity contribution is 7.07. The van der Waals surface area contributed by atoms with Crippen LogP contribution in [0.1, 0.15) is 45.2 Å². The Morgan fingerprint density at radius 2 is 2.33 bits per heavy atom. The molecular formula is C12H21NOS. The predicted molar refractivity (Wildman–Crippen MR) is 66.3 cm³/mol. The summed E-state index contributed by atoms with van der Waals surface area (Å²) in [5.41, 5.74) is 0.714. The summed E-state index contributed by atoms with van der Waals surface area (Å²) >= 11 is 1.71. The summed E-state index contributed by atoms with van der Waals surface area (Å²) in [5.74, 6) is 0. The summed E-state index contributed by atoms with van der Waals surface area (Å²) in [6, 6.07) is 2.44. The predicted octanol–water partition coefficient (Wildman–Crippen LogP) is 2.95. The lowest BCUT2D eigenvalue weighted by Crippen LogP contribution is -2.38. The molecule has 0 aliphatic carbocycles. The van der Waals surface area contributed by atoms with Crippen molar-refractivity contribution in [2.24, 2.45) is 0 Å². The smallest absolute Gasteiger partial charge is 0.0743 e. The van der Waals surface area contributed by atoms with Gasteiger partial charge < -0.3 is 10.4 Å². The molecule has 1 heterocycles. The maximum Gasteiger partial charge on any atom is 0.0743 e. The highest BCUT2D eigenvalue weighted by Crippen LogP contribution is 2.17. The van der Waals surface area contributed by atoms with Gasteiger partial charge in [0.15, 0.2) is 0 Å². The molecule has 0 radical (unpaired) electrons. The van der Waals surface area contributed by atoms with E-state index in [2.05, 4.69) is 36.0 Å². The van der Waals surface area contributed by atoms with E-state index in [0.717, 1.165) is 12.8 Å². The SMILES string of the molecule is CCCC(C)(O)CNC(C)c1ccsc1. The molecule has 0 amide bonds. The topological polar surface area (TPSA) is 32.3 Å². The van der Waals surface area contributed by atoms with Crippen molar-refractivity contribution in [2.45, 2.75) is 45.3 Å². The van der Waals surface area contributed by atoms with E-state index in [1.54, 1.807) is 11.3 Å². The van der Waals surface area contributed by atoms with Gasteiger partial charge in [-0.1, -0.05) is 13.3 Å². The van der Waals surface area contributed by atoms with Crippen molar-refractivity contribution in [3.8, 4) is 0 Å². The van der Waals surface area contributed by atoms with Crippen LogP contribution in [-0.4, -0.2) is 17.3 Å². The molecule has 0 aliphatic rings. The molecular weight excluding hydrogens is 206 g/mol. The lowest BCUT2D eigenvalue weighted by Gasteiger charge is -2.25. The largest absolute Gasteiger partial charge is 0.389 e. The Bertz CT molecular complexity index is 269. The van der Waals surface area contributed by atoms with Gasteiger partial charge in [0.05, 0.1) is 5.60 Å². The van der Waals surface area contributed by atoms with E-state index < -0.39 is 5.60 Å². The first-order chi connectivity index (χ1) is 7.05. The number of rotatable bonds is 6. The third-order valence-corrected chi connectivity index (χ3v) is 3.32. The first-order valence-corrected chi connectivity index (χ1v) is 6.47. The second-order valence-electron chi connectivity index (χ2n) is 4.41. The molecule has 2 unspecified atom stereocenters. The van der Waals surface area contributed by atoms with Gasteiger partial charge in [0.25, 0.3) is 0 Å². The van der Waals surface area contributed by atoms with Crippen LogP contribution in [0.15, 0.2) is 16.8 Å². The molecule has 0 saturated carbocycles. The van der Waals surface area contributed by atoms with E-state index in [1.807, 2.05) is 6.92 Å². The zero-order valence-electron chi connectivity index (χ0n) is 9.79. The van der Waals surface area contributed by atoms with E-state index in [4.69, 9.17) is 0 Å². The van der Waals surface area contributed by atoms with Gasteiger partial charge in [-0.05, 0) is 42.7 Å². The monoisotopic (exact) mass is 227 g/mol. The Balaban J connectivity index is 2.37. The molecule has 1 rings (SSSR count). The lowest BCUT2D eigenvalue weighted by molar-refractivity contribution is 0.0477. The number of aliphatic hydroxyl groups is 1. The summed E-state index contributed by atoms with van der Waals surface area (Å²) in [5, 5.41) is 17.6. The van der Waals surface area contributed by atoms with E-state index in [-0.39, 0.29) is 0 Å². The average Bonchev–Trinajstić information content (AvgIpc) is 2.67. The van der Waals surface area contributed by atoms with Crippen molar-refractivity contribution in [3.63, 3.8) is 0 Å². The normalized spacial score (nSPS) is 17.3. The van der Waals surface area contributed by atoms with Gasteiger partial charge in [-0.25, -0.2) is 0 Å². The van der Waals surface area contributed by atoms with Gasteiger partial charge in [-0.2, -0.15) is 11.3 Å². The Morgan fingerprint density at radius 3 is 2.87 bits per heavy atom. The molecule has 0 fully saturated rings. The van der Waals surface area contributed by atoms with Crippen molar-refractivity contribution < 1.29 is 5.11 Å². The van der Waals surface area contributed by atoms with Gasteiger partial charge in [-0.15, -0.1) is 0 Å². The maximum atomic E-state index is 10.0. The average molecular weight is 227 g/mol. The van der Waals surface area contributed by atoms with Gasteiger partial charge in [-0.3, -0.25) is 0 Å². The minimum atomic E-state index is -0.584. The number of nitrogens with one attached hydrogen (secondary N) is 1. The first kappa shape index (κ1) is 12.7. The van der Waals surface area contributed by atoms with Crippen LogP contribution in [0.25, 0.3) is 0 Å². The van der Waals surface area contributed by atoms with E-state index in [9.17, 15) is 5.11 Å². The fraction of sp³-hybridized carbons (Fsp3) is 0.667. The molecule has 1 aromatic heterocycles. The molecule has 3 heteroatoms. The zero-order chi connectivity index (χ0) is 11.3. The number of hydrogen-bond donors (Lipinski definition) is 2. The molecule has 0 aromatic carbocycles. The van der Waals surface area contributed by atoms with Crippen molar-refractivity contribution in [2.75, 3.05) is 6.54 Å². The van der Waals surface area contributed by atoms with Crippen LogP contribution in [0.3, 0.4) is 0 Å². The molecule has 0 bridgehead atoms. The number of hydrogen-bond acceptors (Lipinski definition) is 3. The van der Waals surface area contributed by atoms with Crippen LogP contribution in [0.5, 0.6) is 0 Å². The molecule has 0 saturated heterocycles. The van der Waals surface area contributed by atoms with Crippen LogP contribution in [0.4, 0.5) is 0 Å². The van der Waals surface area contributed by atoms with Gasteiger partial charge in [0, 0.05) is 12.6 Å². The van der Waals surface area contributed by atoms with Gasteiger partial charge in [0.1, 0.15) is 0 Å². The summed E-state index contributed by atoms with van der Waals surface area (Å²) in [7, 11) is 0.